The van der Waals surface area contributed by atoms with Crippen LogP contribution in [0.3, 0.4) is 0 Å². The van der Waals surface area contributed by atoms with Gasteiger partial charge in [0.1, 0.15) is 0 Å². The van der Waals surface area contributed by atoms with Crippen molar-refractivity contribution in [3.8, 4) is 0 Å². The molecule has 2 rings (SSSR count). The standard InChI is InChI=1S/C14H25N3O2/c1-3-19-14(8-6-4-5-7-9-14)13(18)10-12-11-17(2)16-15-12/h11,13,18H,3-10H2,1-2H3. The molecular formula is C14H25N3O2. The number of hydrogen-bond acceptors (Lipinski definition) is 4. The van der Waals surface area contributed by atoms with Crippen LogP contribution in [0.1, 0.15) is 51.1 Å². The first kappa shape index (κ1) is 14.5. The fourth-order valence-electron chi connectivity index (χ4n) is 3.06. The van der Waals surface area contributed by atoms with Crippen molar-refractivity contribution in [2.24, 2.45) is 7.05 Å². The zero-order chi connectivity index (χ0) is 13.7. The van der Waals surface area contributed by atoms with Crippen LogP contribution in [0.15, 0.2) is 6.20 Å². The van der Waals surface area contributed by atoms with E-state index >= 15 is 0 Å². The Balaban J connectivity index is 2.08. The number of rotatable bonds is 5. The van der Waals surface area contributed by atoms with Crippen molar-refractivity contribution < 1.29 is 9.84 Å². The van der Waals surface area contributed by atoms with Gasteiger partial charge in [-0.05, 0) is 19.8 Å². The second-order valence-electron chi connectivity index (χ2n) is 5.52. The van der Waals surface area contributed by atoms with Gasteiger partial charge in [-0.25, -0.2) is 0 Å². The average Bonchev–Trinajstić information content (AvgIpc) is 2.65. The van der Waals surface area contributed by atoms with E-state index in [0.29, 0.717) is 13.0 Å². The van der Waals surface area contributed by atoms with Crippen LogP contribution in [0.4, 0.5) is 0 Å². The molecule has 0 aliphatic heterocycles. The molecule has 1 N–H and O–H groups in total. The van der Waals surface area contributed by atoms with Gasteiger partial charge in [0.25, 0.3) is 0 Å². The summed E-state index contributed by atoms with van der Waals surface area (Å²) in [5.74, 6) is 0. The van der Waals surface area contributed by atoms with Gasteiger partial charge >= 0.3 is 0 Å². The number of hydrogen-bond donors (Lipinski definition) is 1. The molecule has 1 aromatic rings. The normalized spacial score (nSPS) is 21.0. The maximum atomic E-state index is 10.6. The predicted molar refractivity (Wildman–Crippen MR) is 72.8 cm³/mol. The summed E-state index contributed by atoms with van der Waals surface area (Å²) in [6.07, 6.45) is 8.54. The van der Waals surface area contributed by atoms with E-state index < -0.39 is 6.10 Å². The molecule has 1 aliphatic rings. The highest BCUT2D eigenvalue weighted by Gasteiger charge is 2.39. The van der Waals surface area contributed by atoms with Gasteiger partial charge in [-0.1, -0.05) is 30.9 Å². The Hall–Kier alpha value is -0.940. The quantitative estimate of drug-likeness (QED) is 0.827. The molecule has 1 atom stereocenters. The molecule has 0 amide bonds. The minimum Gasteiger partial charge on any atom is -0.390 e. The highest BCUT2D eigenvalue weighted by molar-refractivity contribution is 5.00. The Labute approximate surface area is 115 Å². The molecule has 1 aliphatic carbocycles. The molecular weight excluding hydrogens is 242 g/mol. The lowest BCUT2D eigenvalue weighted by molar-refractivity contribution is -0.128. The topological polar surface area (TPSA) is 60.2 Å². The largest absolute Gasteiger partial charge is 0.390 e. The van der Waals surface area contributed by atoms with Gasteiger partial charge in [-0.15, -0.1) is 5.10 Å². The predicted octanol–water partition coefficient (Wildman–Crippen LogP) is 1.85. The van der Waals surface area contributed by atoms with E-state index in [9.17, 15) is 5.11 Å². The smallest absolute Gasteiger partial charge is 0.0943 e. The first-order valence-electron chi connectivity index (χ1n) is 7.33. The first-order valence-corrected chi connectivity index (χ1v) is 7.33. The van der Waals surface area contributed by atoms with E-state index in [2.05, 4.69) is 10.3 Å². The third-order valence-electron chi connectivity index (χ3n) is 4.04. The lowest BCUT2D eigenvalue weighted by Crippen LogP contribution is -2.46. The van der Waals surface area contributed by atoms with E-state index in [1.807, 2.05) is 20.2 Å². The van der Waals surface area contributed by atoms with E-state index in [4.69, 9.17) is 4.74 Å². The molecule has 0 aromatic carbocycles. The molecule has 0 spiro atoms. The average molecular weight is 267 g/mol. The van der Waals surface area contributed by atoms with Crippen molar-refractivity contribution in [3.05, 3.63) is 11.9 Å². The van der Waals surface area contributed by atoms with E-state index in [-0.39, 0.29) is 5.60 Å². The van der Waals surface area contributed by atoms with Crippen molar-refractivity contribution in [1.29, 1.82) is 0 Å². The third kappa shape index (κ3) is 3.54. The summed E-state index contributed by atoms with van der Waals surface area (Å²) in [6.45, 7) is 2.65. The summed E-state index contributed by atoms with van der Waals surface area (Å²) in [5.41, 5.74) is 0.446. The molecule has 0 saturated heterocycles. The van der Waals surface area contributed by atoms with Gasteiger partial charge in [0.05, 0.1) is 17.4 Å². The zero-order valence-electron chi connectivity index (χ0n) is 12.0. The molecule has 19 heavy (non-hydrogen) atoms. The Morgan fingerprint density at radius 3 is 2.58 bits per heavy atom. The van der Waals surface area contributed by atoms with E-state index in [1.54, 1.807) is 4.68 Å². The number of aliphatic hydroxyl groups is 1. The van der Waals surface area contributed by atoms with Crippen LogP contribution in [-0.4, -0.2) is 38.4 Å². The van der Waals surface area contributed by atoms with Crippen molar-refractivity contribution in [2.75, 3.05) is 6.61 Å². The van der Waals surface area contributed by atoms with Crippen molar-refractivity contribution in [1.82, 2.24) is 15.0 Å². The van der Waals surface area contributed by atoms with Crippen LogP contribution in [0.2, 0.25) is 0 Å². The van der Waals surface area contributed by atoms with Crippen molar-refractivity contribution in [2.45, 2.75) is 63.6 Å². The van der Waals surface area contributed by atoms with Crippen molar-refractivity contribution in [3.63, 3.8) is 0 Å². The number of aryl methyl sites for hydroxylation is 1. The molecule has 1 saturated carbocycles. The van der Waals surface area contributed by atoms with Crippen LogP contribution in [0.25, 0.3) is 0 Å². The Kier molecular flexibility index (Phi) is 4.93. The molecule has 1 fully saturated rings. The highest BCUT2D eigenvalue weighted by Crippen LogP contribution is 2.34. The molecule has 1 heterocycles. The number of ether oxygens (including phenoxy) is 1. The van der Waals surface area contributed by atoms with Gasteiger partial charge in [-0.2, -0.15) is 0 Å². The zero-order valence-corrected chi connectivity index (χ0v) is 12.0. The molecule has 1 unspecified atom stereocenters. The van der Waals surface area contributed by atoms with Gasteiger partial charge in [0.15, 0.2) is 0 Å². The summed E-state index contributed by atoms with van der Waals surface area (Å²) < 4.78 is 7.66. The minimum absolute atomic E-state index is 0.386. The maximum Gasteiger partial charge on any atom is 0.0943 e. The maximum absolute atomic E-state index is 10.6. The molecule has 0 radical (unpaired) electrons. The lowest BCUT2D eigenvalue weighted by atomic mass is 9.85. The number of nitrogens with zero attached hydrogens (tertiary/aromatic N) is 3. The number of aliphatic hydroxyl groups excluding tert-OH is 1. The van der Waals surface area contributed by atoms with Gasteiger partial charge in [0.2, 0.25) is 0 Å². The monoisotopic (exact) mass is 267 g/mol. The Morgan fingerprint density at radius 1 is 1.37 bits per heavy atom. The summed E-state index contributed by atoms with van der Waals surface area (Å²) >= 11 is 0. The van der Waals surface area contributed by atoms with Gasteiger partial charge < -0.3 is 9.84 Å². The van der Waals surface area contributed by atoms with Crippen LogP contribution in [0, 0.1) is 0 Å². The summed E-state index contributed by atoms with van der Waals surface area (Å²) in [7, 11) is 1.84. The van der Waals surface area contributed by atoms with E-state index in [1.165, 1.54) is 12.8 Å². The summed E-state index contributed by atoms with van der Waals surface area (Å²) in [6, 6.07) is 0. The third-order valence-corrected chi connectivity index (χ3v) is 4.04. The van der Waals surface area contributed by atoms with Crippen LogP contribution < -0.4 is 0 Å². The molecule has 5 nitrogen and oxygen atoms in total. The van der Waals surface area contributed by atoms with Crippen LogP contribution in [0.5, 0.6) is 0 Å². The lowest BCUT2D eigenvalue weighted by Gasteiger charge is -2.37. The fourth-order valence-corrected chi connectivity index (χ4v) is 3.06. The van der Waals surface area contributed by atoms with E-state index in [0.717, 1.165) is 31.4 Å². The molecule has 5 heteroatoms. The molecule has 1 aromatic heterocycles. The summed E-state index contributed by atoms with van der Waals surface area (Å²) in [5, 5.41) is 18.6. The Bertz CT molecular complexity index is 384. The SMILES string of the molecule is CCOC1(C(O)Cc2cn(C)nn2)CCCCCC1. The van der Waals surface area contributed by atoms with Crippen LogP contribution in [-0.2, 0) is 18.2 Å². The second kappa shape index (κ2) is 6.48. The number of aromatic nitrogens is 3. The molecule has 108 valence electrons. The fraction of sp³-hybridized carbons (Fsp3) is 0.857. The van der Waals surface area contributed by atoms with Crippen molar-refractivity contribution >= 4 is 0 Å². The highest BCUT2D eigenvalue weighted by atomic mass is 16.5. The first-order chi connectivity index (χ1) is 9.16. The minimum atomic E-state index is -0.498. The van der Waals surface area contributed by atoms with Gasteiger partial charge in [-0.3, -0.25) is 4.68 Å². The van der Waals surface area contributed by atoms with Crippen LogP contribution >= 0.6 is 0 Å². The summed E-state index contributed by atoms with van der Waals surface area (Å²) in [4.78, 5) is 0. The molecule has 0 bridgehead atoms. The Morgan fingerprint density at radius 2 is 2.05 bits per heavy atom. The second-order valence-corrected chi connectivity index (χ2v) is 5.52. The van der Waals surface area contributed by atoms with Gasteiger partial charge in [0, 0.05) is 26.3 Å².